The monoisotopic (exact) mass is 273 g/mol. The third-order valence-corrected chi connectivity index (χ3v) is 2.55. The summed E-state index contributed by atoms with van der Waals surface area (Å²) in [5.74, 6) is 0.452. The van der Waals surface area contributed by atoms with Crippen LogP contribution < -0.4 is 0 Å². The van der Waals surface area contributed by atoms with E-state index in [1.807, 2.05) is 0 Å². The summed E-state index contributed by atoms with van der Waals surface area (Å²) in [5.41, 5.74) is 0.586. The van der Waals surface area contributed by atoms with Crippen LogP contribution >= 0.6 is 0 Å². The van der Waals surface area contributed by atoms with Gasteiger partial charge >= 0.3 is 5.97 Å². The fourth-order valence-corrected chi connectivity index (χ4v) is 1.59. The highest BCUT2D eigenvalue weighted by molar-refractivity contribution is 5.86. The first kappa shape index (κ1) is 13.5. The van der Waals surface area contributed by atoms with E-state index in [1.54, 1.807) is 24.3 Å². The summed E-state index contributed by atoms with van der Waals surface area (Å²) in [7, 11) is 1.28. The molecule has 1 heterocycles. The Morgan fingerprint density at radius 3 is 2.85 bits per heavy atom. The summed E-state index contributed by atoms with van der Waals surface area (Å²) in [4.78, 5) is 21.2. The molecule has 0 saturated carbocycles. The molecule has 0 spiro atoms. The minimum absolute atomic E-state index is 0.00875. The quantitative estimate of drug-likeness (QED) is 0.370. The molecule has 2 aromatic rings. The van der Waals surface area contributed by atoms with Gasteiger partial charge in [0.15, 0.2) is 0 Å². The second-order valence-corrected chi connectivity index (χ2v) is 3.87. The Hall–Kier alpha value is -2.89. The van der Waals surface area contributed by atoms with Crippen LogP contribution in [0.1, 0.15) is 5.76 Å². The van der Waals surface area contributed by atoms with E-state index >= 15 is 0 Å². The Morgan fingerprint density at radius 1 is 1.35 bits per heavy atom. The largest absolute Gasteiger partial charge is 0.466 e. The molecule has 0 fully saturated rings. The summed E-state index contributed by atoms with van der Waals surface area (Å²) >= 11 is 0. The van der Waals surface area contributed by atoms with Crippen LogP contribution in [0, 0.1) is 10.1 Å². The van der Waals surface area contributed by atoms with Crippen LogP contribution in [0.2, 0.25) is 0 Å². The maximum absolute atomic E-state index is 11.0. The number of ether oxygens (including phenoxy) is 1. The van der Waals surface area contributed by atoms with Gasteiger partial charge in [-0.2, -0.15) is 0 Å². The number of methoxy groups -OCH3 is 1. The van der Waals surface area contributed by atoms with Gasteiger partial charge in [-0.1, -0.05) is 12.1 Å². The van der Waals surface area contributed by atoms with E-state index in [1.165, 1.54) is 31.4 Å². The topological polar surface area (TPSA) is 82.6 Å². The molecule has 1 aromatic heterocycles. The highest BCUT2D eigenvalue weighted by Crippen LogP contribution is 2.26. The Morgan fingerprint density at radius 2 is 2.15 bits per heavy atom. The van der Waals surface area contributed by atoms with Gasteiger partial charge in [0.1, 0.15) is 11.5 Å². The van der Waals surface area contributed by atoms with E-state index < -0.39 is 10.9 Å². The standard InChI is InChI=1S/C14H11NO5/c1-19-14(16)8-6-12-5-7-13(20-12)10-3-2-4-11(9-10)15(17)18/h2-9H,1H3/b8-6+. The first-order chi connectivity index (χ1) is 9.60. The molecule has 20 heavy (non-hydrogen) atoms. The summed E-state index contributed by atoms with van der Waals surface area (Å²) < 4.78 is 9.95. The number of rotatable bonds is 4. The average Bonchev–Trinajstić information content (AvgIpc) is 2.93. The summed E-state index contributed by atoms with van der Waals surface area (Å²) in [6.07, 6.45) is 2.70. The molecule has 0 bridgehead atoms. The zero-order chi connectivity index (χ0) is 14.5. The highest BCUT2D eigenvalue weighted by Gasteiger charge is 2.09. The number of non-ortho nitro benzene ring substituents is 1. The number of hydrogen-bond acceptors (Lipinski definition) is 5. The van der Waals surface area contributed by atoms with Crippen LogP contribution in [0.4, 0.5) is 5.69 Å². The van der Waals surface area contributed by atoms with Crippen LogP contribution in [0.3, 0.4) is 0 Å². The van der Waals surface area contributed by atoms with Crippen molar-refractivity contribution in [3.05, 3.63) is 58.3 Å². The molecule has 0 radical (unpaired) electrons. The lowest BCUT2D eigenvalue weighted by Crippen LogP contribution is -1.92. The molecule has 2 rings (SSSR count). The SMILES string of the molecule is COC(=O)/C=C/c1ccc(-c2cccc([N+](=O)[O-])c2)o1. The third kappa shape index (κ3) is 3.11. The van der Waals surface area contributed by atoms with Gasteiger partial charge in [-0.25, -0.2) is 4.79 Å². The van der Waals surface area contributed by atoms with Gasteiger partial charge in [0.05, 0.1) is 12.0 Å². The zero-order valence-corrected chi connectivity index (χ0v) is 10.6. The number of carbonyl (C=O) groups excluding carboxylic acids is 1. The molecular weight excluding hydrogens is 262 g/mol. The van der Waals surface area contributed by atoms with Crippen molar-refractivity contribution in [2.45, 2.75) is 0 Å². The lowest BCUT2D eigenvalue weighted by atomic mass is 10.1. The Bertz CT molecular complexity index is 672. The maximum atomic E-state index is 11.0. The number of nitro groups is 1. The smallest absolute Gasteiger partial charge is 0.330 e. The van der Waals surface area contributed by atoms with Gasteiger partial charge < -0.3 is 9.15 Å². The van der Waals surface area contributed by atoms with Crippen molar-refractivity contribution in [3.63, 3.8) is 0 Å². The normalized spacial score (nSPS) is 10.7. The molecular formula is C14H11NO5. The van der Waals surface area contributed by atoms with Crippen LogP contribution in [-0.4, -0.2) is 18.0 Å². The Labute approximate surface area is 114 Å². The fraction of sp³-hybridized carbons (Fsp3) is 0.0714. The van der Waals surface area contributed by atoms with E-state index in [-0.39, 0.29) is 5.69 Å². The average molecular weight is 273 g/mol. The van der Waals surface area contributed by atoms with E-state index in [4.69, 9.17) is 4.42 Å². The van der Waals surface area contributed by atoms with Crippen molar-refractivity contribution in [1.29, 1.82) is 0 Å². The number of carbonyl (C=O) groups is 1. The molecule has 0 saturated heterocycles. The second-order valence-electron chi connectivity index (χ2n) is 3.87. The van der Waals surface area contributed by atoms with Crippen LogP contribution in [0.25, 0.3) is 17.4 Å². The predicted molar refractivity (Wildman–Crippen MR) is 71.8 cm³/mol. The fourth-order valence-electron chi connectivity index (χ4n) is 1.59. The minimum atomic E-state index is -0.488. The van der Waals surface area contributed by atoms with Gasteiger partial charge in [0.25, 0.3) is 5.69 Å². The van der Waals surface area contributed by atoms with E-state index in [9.17, 15) is 14.9 Å². The first-order valence-electron chi connectivity index (χ1n) is 5.71. The summed E-state index contributed by atoms with van der Waals surface area (Å²) in [6, 6.07) is 9.46. The second kappa shape index (κ2) is 5.83. The number of nitro benzene ring substituents is 1. The molecule has 0 aliphatic rings. The molecule has 0 aliphatic carbocycles. The first-order valence-corrected chi connectivity index (χ1v) is 5.71. The lowest BCUT2D eigenvalue weighted by molar-refractivity contribution is -0.384. The van der Waals surface area contributed by atoms with Crippen LogP contribution in [0.15, 0.2) is 46.9 Å². The van der Waals surface area contributed by atoms with Crippen LogP contribution in [0.5, 0.6) is 0 Å². The van der Waals surface area contributed by atoms with E-state index in [0.717, 1.165) is 0 Å². The van der Waals surface area contributed by atoms with E-state index in [0.29, 0.717) is 17.1 Å². The van der Waals surface area contributed by atoms with Gasteiger partial charge in [-0.15, -0.1) is 0 Å². The molecule has 0 atom stereocenters. The van der Waals surface area contributed by atoms with Crippen molar-refractivity contribution in [2.75, 3.05) is 7.11 Å². The summed E-state index contributed by atoms with van der Waals surface area (Å²) in [6.45, 7) is 0. The van der Waals surface area contributed by atoms with Crippen molar-refractivity contribution < 1.29 is 18.9 Å². The van der Waals surface area contributed by atoms with Crippen LogP contribution in [-0.2, 0) is 9.53 Å². The van der Waals surface area contributed by atoms with Crippen molar-refractivity contribution in [2.24, 2.45) is 0 Å². The molecule has 6 nitrogen and oxygen atoms in total. The number of hydrogen-bond donors (Lipinski definition) is 0. The van der Waals surface area contributed by atoms with E-state index in [2.05, 4.69) is 4.74 Å². The molecule has 1 aromatic carbocycles. The van der Waals surface area contributed by atoms with Crippen molar-refractivity contribution >= 4 is 17.7 Å². The van der Waals surface area contributed by atoms with Gasteiger partial charge in [-0.3, -0.25) is 10.1 Å². The van der Waals surface area contributed by atoms with Gasteiger partial charge in [0, 0.05) is 23.8 Å². The molecule has 6 heteroatoms. The minimum Gasteiger partial charge on any atom is -0.466 e. The van der Waals surface area contributed by atoms with Crippen molar-refractivity contribution in [3.8, 4) is 11.3 Å². The Kier molecular flexibility index (Phi) is 3.95. The number of esters is 1. The highest BCUT2D eigenvalue weighted by atomic mass is 16.6. The Balaban J connectivity index is 2.24. The molecule has 0 amide bonds. The zero-order valence-electron chi connectivity index (χ0n) is 10.6. The predicted octanol–water partition coefficient (Wildman–Crippen LogP) is 3.04. The van der Waals surface area contributed by atoms with Gasteiger partial charge in [-0.05, 0) is 18.2 Å². The van der Waals surface area contributed by atoms with Crippen molar-refractivity contribution in [1.82, 2.24) is 0 Å². The number of benzene rings is 1. The summed E-state index contributed by atoms with van der Waals surface area (Å²) in [5, 5.41) is 10.7. The number of furan rings is 1. The van der Waals surface area contributed by atoms with Gasteiger partial charge in [0.2, 0.25) is 0 Å². The maximum Gasteiger partial charge on any atom is 0.330 e. The molecule has 0 aliphatic heterocycles. The molecule has 0 N–H and O–H groups in total. The molecule has 0 unspecified atom stereocenters. The number of nitrogens with zero attached hydrogens (tertiary/aromatic N) is 1. The molecule has 102 valence electrons. The lowest BCUT2D eigenvalue weighted by Gasteiger charge is -1.96. The third-order valence-electron chi connectivity index (χ3n) is 2.55.